The summed E-state index contributed by atoms with van der Waals surface area (Å²) in [5.41, 5.74) is 3.51. The third kappa shape index (κ3) is 5.15. The fraction of sp³-hybridized carbons (Fsp3) is 0.259. The van der Waals surface area contributed by atoms with E-state index in [1.165, 1.54) is 4.31 Å². The quantitative estimate of drug-likeness (QED) is 0.310. The van der Waals surface area contributed by atoms with E-state index in [-0.39, 0.29) is 15.8 Å². The van der Waals surface area contributed by atoms with Gasteiger partial charge in [-0.25, -0.2) is 18.4 Å². The van der Waals surface area contributed by atoms with Gasteiger partial charge in [0.2, 0.25) is 10.0 Å². The smallest absolute Gasteiger partial charge is 0.305 e. The summed E-state index contributed by atoms with van der Waals surface area (Å²) in [5.74, 6) is 0.766. The molecule has 39 heavy (non-hydrogen) atoms. The van der Waals surface area contributed by atoms with Gasteiger partial charge >= 0.3 is 4.87 Å². The van der Waals surface area contributed by atoms with Crippen molar-refractivity contribution in [2.75, 3.05) is 38.0 Å². The summed E-state index contributed by atoms with van der Waals surface area (Å²) < 4.78 is 28.7. The number of hydrogen-bond donors (Lipinski definition) is 2. The molecule has 0 spiro atoms. The summed E-state index contributed by atoms with van der Waals surface area (Å²) in [6.07, 6.45) is 5.15. The summed E-state index contributed by atoms with van der Waals surface area (Å²) in [5, 5.41) is 4.47. The topological polar surface area (TPSA) is 124 Å². The first-order valence-electron chi connectivity index (χ1n) is 12.6. The molecule has 2 N–H and O–H groups in total. The van der Waals surface area contributed by atoms with Crippen LogP contribution in [0.4, 0.5) is 5.82 Å². The molecule has 1 saturated heterocycles. The lowest BCUT2D eigenvalue weighted by Gasteiger charge is -2.35. The number of nitrogens with one attached hydrogen (secondary N) is 2. The van der Waals surface area contributed by atoms with E-state index < -0.39 is 10.0 Å². The molecule has 1 fully saturated rings. The molecule has 0 amide bonds. The highest BCUT2D eigenvalue weighted by molar-refractivity contribution is 7.89. The van der Waals surface area contributed by atoms with Gasteiger partial charge < -0.3 is 10.3 Å². The van der Waals surface area contributed by atoms with Gasteiger partial charge in [0.05, 0.1) is 20.6 Å². The molecule has 0 aliphatic carbocycles. The maximum Gasteiger partial charge on any atom is 0.305 e. The predicted molar refractivity (Wildman–Crippen MR) is 153 cm³/mol. The van der Waals surface area contributed by atoms with E-state index in [1.54, 1.807) is 30.7 Å². The van der Waals surface area contributed by atoms with Crippen LogP contribution in [0.2, 0.25) is 0 Å². The van der Waals surface area contributed by atoms with Crippen molar-refractivity contribution < 1.29 is 8.42 Å². The minimum atomic E-state index is -3.64. The molecule has 200 valence electrons. The average Bonchev–Trinajstić information content (AvgIpc) is 3.33. The molecule has 0 radical (unpaired) electrons. The molecule has 1 aliphatic heterocycles. The van der Waals surface area contributed by atoms with Crippen molar-refractivity contribution in [3.63, 3.8) is 0 Å². The molecule has 6 rings (SSSR count). The van der Waals surface area contributed by atoms with E-state index >= 15 is 0 Å². The summed E-state index contributed by atoms with van der Waals surface area (Å²) in [6.45, 7) is 4.90. The standard InChI is InChI=1S/C27H27N7O3S2/c1-18(31-26-22-6-2-5-21(25(22)29-17-30-26)19-4-3-9-28-15-19)16-33-10-12-34(13-11-33)39(36,37)20-7-8-23-24(14-20)38-27(35)32-23/h2-9,14-15,17-18H,10-13,16H2,1H3,(H,32,35)(H,29,30,31)/t18-/m0/s1. The van der Waals surface area contributed by atoms with Crippen molar-refractivity contribution in [3.05, 3.63) is 76.9 Å². The number of benzene rings is 2. The van der Waals surface area contributed by atoms with Gasteiger partial charge in [-0.15, -0.1) is 0 Å². The Morgan fingerprint density at radius 3 is 2.72 bits per heavy atom. The van der Waals surface area contributed by atoms with E-state index in [0.29, 0.717) is 36.4 Å². The minimum Gasteiger partial charge on any atom is -0.366 e. The minimum absolute atomic E-state index is 0.0760. The Bertz CT molecular complexity index is 1800. The van der Waals surface area contributed by atoms with Gasteiger partial charge in [-0.1, -0.05) is 29.5 Å². The van der Waals surface area contributed by atoms with E-state index in [4.69, 9.17) is 0 Å². The fourth-order valence-electron chi connectivity index (χ4n) is 5.01. The summed E-state index contributed by atoms with van der Waals surface area (Å²) >= 11 is 1.02. The molecule has 4 heterocycles. The molecule has 5 aromatic rings. The molecule has 12 heteroatoms. The molecule has 1 aliphatic rings. The van der Waals surface area contributed by atoms with Gasteiger partial charge in [0.1, 0.15) is 12.1 Å². The number of rotatable bonds is 7. The molecule has 1 atom stereocenters. The van der Waals surface area contributed by atoms with Crippen LogP contribution in [0.5, 0.6) is 0 Å². The van der Waals surface area contributed by atoms with Crippen LogP contribution in [0.3, 0.4) is 0 Å². The number of pyridine rings is 1. The van der Waals surface area contributed by atoms with Gasteiger partial charge in [-0.05, 0) is 37.3 Å². The Morgan fingerprint density at radius 1 is 1.08 bits per heavy atom. The molecular formula is C27H27N7O3S2. The lowest BCUT2D eigenvalue weighted by Crippen LogP contribution is -2.50. The number of piperazine rings is 1. The van der Waals surface area contributed by atoms with Gasteiger partial charge in [0.25, 0.3) is 0 Å². The number of hydrogen-bond acceptors (Lipinski definition) is 9. The zero-order chi connectivity index (χ0) is 27.0. The lowest BCUT2D eigenvalue weighted by molar-refractivity contribution is 0.184. The van der Waals surface area contributed by atoms with Gasteiger partial charge in [-0.3, -0.25) is 14.7 Å². The zero-order valence-electron chi connectivity index (χ0n) is 21.2. The van der Waals surface area contributed by atoms with Crippen LogP contribution in [0, 0.1) is 0 Å². The van der Waals surface area contributed by atoms with Crippen molar-refractivity contribution in [1.82, 2.24) is 29.1 Å². The van der Waals surface area contributed by atoms with Gasteiger partial charge in [0, 0.05) is 67.7 Å². The van der Waals surface area contributed by atoms with Crippen molar-refractivity contribution in [3.8, 4) is 11.1 Å². The Hall–Kier alpha value is -3.71. The number of fused-ring (bicyclic) bond motifs is 2. The number of thiazole rings is 1. The predicted octanol–water partition coefficient (Wildman–Crippen LogP) is 3.40. The van der Waals surface area contributed by atoms with Crippen LogP contribution in [0.1, 0.15) is 6.92 Å². The Labute approximate surface area is 229 Å². The van der Waals surface area contributed by atoms with E-state index in [9.17, 15) is 13.2 Å². The van der Waals surface area contributed by atoms with E-state index in [2.05, 4.69) is 37.1 Å². The Kier molecular flexibility index (Phi) is 6.85. The molecule has 10 nitrogen and oxygen atoms in total. The lowest BCUT2D eigenvalue weighted by atomic mass is 10.0. The third-order valence-corrected chi connectivity index (χ3v) is 9.65. The number of para-hydroxylation sites is 1. The molecule has 3 aromatic heterocycles. The third-order valence-electron chi connectivity index (χ3n) is 6.91. The Morgan fingerprint density at radius 2 is 1.92 bits per heavy atom. The van der Waals surface area contributed by atoms with Crippen LogP contribution < -0.4 is 10.2 Å². The summed E-state index contributed by atoms with van der Waals surface area (Å²) in [6, 6.07) is 14.8. The number of anilines is 1. The second-order valence-corrected chi connectivity index (χ2v) is 12.5. The van der Waals surface area contributed by atoms with Crippen LogP contribution >= 0.6 is 11.3 Å². The SMILES string of the molecule is C[C@@H](CN1CCN(S(=O)(=O)c2ccc3[nH]c(=O)sc3c2)CC1)Nc1ncnc2c(-c3cccnc3)cccc12. The highest BCUT2D eigenvalue weighted by atomic mass is 32.2. The molecule has 2 aromatic carbocycles. The van der Waals surface area contributed by atoms with Crippen molar-refractivity contribution in [2.45, 2.75) is 17.9 Å². The molecule has 0 bridgehead atoms. The van der Waals surface area contributed by atoms with Crippen LogP contribution in [0.15, 0.2) is 76.9 Å². The van der Waals surface area contributed by atoms with Crippen molar-refractivity contribution in [2.24, 2.45) is 0 Å². The molecular weight excluding hydrogens is 534 g/mol. The highest BCUT2D eigenvalue weighted by Crippen LogP contribution is 2.30. The Balaban J connectivity index is 1.11. The number of nitrogens with zero attached hydrogens (tertiary/aromatic N) is 5. The van der Waals surface area contributed by atoms with E-state index in [0.717, 1.165) is 45.7 Å². The molecule has 0 saturated carbocycles. The first-order valence-corrected chi connectivity index (χ1v) is 14.9. The van der Waals surface area contributed by atoms with Crippen LogP contribution in [-0.2, 0) is 10.0 Å². The second kappa shape index (κ2) is 10.5. The maximum absolute atomic E-state index is 13.3. The largest absolute Gasteiger partial charge is 0.366 e. The molecule has 0 unspecified atom stereocenters. The normalized spacial score (nSPS) is 16.0. The number of sulfonamides is 1. The number of H-pyrrole nitrogens is 1. The zero-order valence-corrected chi connectivity index (χ0v) is 22.9. The highest BCUT2D eigenvalue weighted by Gasteiger charge is 2.29. The first kappa shape index (κ1) is 25.6. The van der Waals surface area contributed by atoms with Crippen LogP contribution in [-0.4, -0.2) is 76.3 Å². The summed E-state index contributed by atoms with van der Waals surface area (Å²) in [4.78, 5) is 29.9. The van der Waals surface area contributed by atoms with Gasteiger partial charge in [0.15, 0.2) is 0 Å². The van der Waals surface area contributed by atoms with Crippen molar-refractivity contribution in [1.29, 1.82) is 0 Å². The number of aromatic amines is 1. The fourth-order valence-corrected chi connectivity index (χ4v) is 7.31. The van der Waals surface area contributed by atoms with Crippen molar-refractivity contribution >= 4 is 48.3 Å². The maximum atomic E-state index is 13.3. The monoisotopic (exact) mass is 561 g/mol. The van der Waals surface area contributed by atoms with E-state index in [1.807, 2.05) is 36.5 Å². The van der Waals surface area contributed by atoms with Gasteiger partial charge in [-0.2, -0.15) is 4.31 Å². The average molecular weight is 562 g/mol. The summed E-state index contributed by atoms with van der Waals surface area (Å²) in [7, 11) is -3.64. The first-order chi connectivity index (χ1) is 18.9. The second-order valence-electron chi connectivity index (χ2n) is 9.59. The number of aromatic nitrogens is 4. The van der Waals surface area contributed by atoms with Crippen LogP contribution in [0.25, 0.3) is 32.2 Å².